The minimum atomic E-state index is 0.716. The van der Waals surface area contributed by atoms with Crippen LogP contribution in [-0.2, 0) is 6.54 Å². The van der Waals surface area contributed by atoms with Gasteiger partial charge in [-0.15, -0.1) is 0 Å². The fraction of sp³-hybridized carbons (Fsp3) is 0.400. The maximum atomic E-state index is 5.27. The Labute approximate surface area is 113 Å². The summed E-state index contributed by atoms with van der Waals surface area (Å²) in [6.45, 7) is 2.90. The summed E-state index contributed by atoms with van der Waals surface area (Å²) in [6, 6.07) is 8.87. The molecule has 0 spiro atoms. The van der Waals surface area contributed by atoms with Crippen LogP contribution in [0.15, 0.2) is 30.5 Å². The van der Waals surface area contributed by atoms with E-state index >= 15 is 0 Å². The highest BCUT2D eigenvalue weighted by Gasteiger charge is 2.20. The Morgan fingerprint density at radius 3 is 2.89 bits per heavy atom. The Kier molecular flexibility index (Phi) is 3.25. The summed E-state index contributed by atoms with van der Waals surface area (Å²) in [4.78, 5) is 0. The molecule has 4 heteroatoms. The van der Waals surface area contributed by atoms with E-state index in [0.717, 1.165) is 29.2 Å². The molecule has 0 bridgehead atoms. The lowest BCUT2D eigenvalue weighted by molar-refractivity contribution is 0.411. The molecule has 1 aromatic carbocycles. The minimum absolute atomic E-state index is 0.716. The first-order valence-electron chi connectivity index (χ1n) is 6.69. The second kappa shape index (κ2) is 5.05. The first kappa shape index (κ1) is 12.2. The van der Waals surface area contributed by atoms with Gasteiger partial charge in [-0.2, -0.15) is 5.10 Å². The van der Waals surface area contributed by atoms with Crippen LogP contribution >= 0.6 is 0 Å². The zero-order valence-electron chi connectivity index (χ0n) is 11.4. The number of aromatic nitrogens is 2. The smallest absolute Gasteiger partial charge is 0.121 e. The number of methoxy groups -OCH3 is 1. The molecular weight excluding hydrogens is 238 g/mol. The number of nitrogens with one attached hydrogen (secondary N) is 1. The molecule has 1 fully saturated rings. The van der Waals surface area contributed by atoms with E-state index in [1.54, 1.807) is 7.11 Å². The summed E-state index contributed by atoms with van der Waals surface area (Å²) in [6.07, 6.45) is 4.61. The van der Waals surface area contributed by atoms with E-state index in [-0.39, 0.29) is 0 Å². The van der Waals surface area contributed by atoms with Crippen molar-refractivity contribution in [2.45, 2.75) is 32.4 Å². The van der Waals surface area contributed by atoms with E-state index in [9.17, 15) is 0 Å². The maximum Gasteiger partial charge on any atom is 0.121 e. The topological polar surface area (TPSA) is 39.1 Å². The molecule has 1 heterocycles. The van der Waals surface area contributed by atoms with E-state index in [0.29, 0.717) is 6.04 Å². The summed E-state index contributed by atoms with van der Waals surface area (Å²) < 4.78 is 7.19. The molecule has 100 valence electrons. The summed E-state index contributed by atoms with van der Waals surface area (Å²) in [5.74, 6) is 0.909. The van der Waals surface area contributed by atoms with E-state index in [1.165, 1.54) is 12.8 Å². The van der Waals surface area contributed by atoms with Gasteiger partial charge in [0, 0.05) is 18.8 Å². The van der Waals surface area contributed by atoms with Crippen LogP contribution < -0.4 is 10.1 Å². The molecule has 0 aliphatic heterocycles. The molecule has 1 aromatic heterocycles. The van der Waals surface area contributed by atoms with E-state index in [4.69, 9.17) is 4.74 Å². The molecular formula is C15H19N3O. The predicted octanol–water partition coefficient (Wildman–Crippen LogP) is 2.44. The average Bonchev–Trinajstić information content (AvgIpc) is 3.13. The molecule has 3 rings (SSSR count). The van der Waals surface area contributed by atoms with Crippen LogP contribution in [0.3, 0.4) is 0 Å². The number of rotatable bonds is 5. The molecule has 0 atom stereocenters. The summed E-state index contributed by atoms with van der Waals surface area (Å²) in [7, 11) is 1.69. The summed E-state index contributed by atoms with van der Waals surface area (Å²) >= 11 is 0. The van der Waals surface area contributed by atoms with Gasteiger partial charge in [0.1, 0.15) is 5.75 Å². The predicted molar refractivity (Wildman–Crippen MR) is 74.7 cm³/mol. The largest absolute Gasteiger partial charge is 0.496 e. The number of benzene rings is 1. The summed E-state index contributed by atoms with van der Waals surface area (Å²) in [5, 5.41) is 8.06. The lowest BCUT2D eigenvalue weighted by atomic mass is 10.2. The molecule has 1 N–H and O–H groups in total. The van der Waals surface area contributed by atoms with Gasteiger partial charge in [0.15, 0.2) is 0 Å². The van der Waals surface area contributed by atoms with Crippen LogP contribution in [0.2, 0.25) is 0 Å². The van der Waals surface area contributed by atoms with E-state index < -0.39 is 0 Å². The Bertz CT molecular complexity index is 573. The van der Waals surface area contributed by atoms with Crippen molar-refractivity contribution in [3.05, 3.63) is 41.7 Å². The lowest BCUT2D eigenvalue weighted by Crippen LogP contribution is -2.15. The number of hydrogen-bond donors (Lipinski definition) is 1. The Hall–Kier alpha value is -1.81. The Morgan fingerprint density at radius 2 is 2.21 bits per heavy atom. The van der Waals surface area contributed by atoms with E-state index in [1.807, 2.05) is 29.9 Å². The molecule has 4 nitrogen and oxygen atoms in total. The monoisotopic (exact) mass is 257 g/mol. The van der Waals surface area contributed by atoms with Crippen LogP contribution in [0.1, 0.15) is 24.1 Å². The first-order valence-corrected chi connectivity index (χ1v) is 6.69. The van der Waals surface area contributed by atoms with Gasteiger partial charge >= 0.3 is 0 Å². The average molecular weight is 257 g/mol. The zero-order chi connectivity index (χ0) is 13.2. The molecule has 2 aromatic rings. The van der Waals surface area contributed by atoms with Crippen molar-refractivity contribution in [1.29, 1.82) is 0 Å². The number of aryl methyl sites for hydroxylation is 1. The first-order chi connectivity index (χ1) is 9.26. The van der Waals surface area contributed by atoms with Gasteiger partial charge in [0.05, 0.1) is 18.5 Å². The molecule has 1 aliphatic carbocycles. The van der Waals surface area contributed by atoms with Gasteiger partial charge in [-0.25, -0.2) is 4.68 Å². The maximum absolute atomic E-state index is 5.27. The van der Waals surface area contributed by atoms with Crippen LogP contribution in [-0.4, -0.2) is 22.9 Å². The van der Waals surface area contributed by atoms with Gasteiger partial charge in [0.2, 0.25) is 0 Å². The second-order valence-corrected chi connectivity index (χ2v) is 5.06. The number of ether oxygens (including phenoxy) is 1. The Morgan fingerprint density at radius 1 is 1.37 bits per heavy atom. The quantitative estimate of drug-likeness (QED) is 0.894. The molecule has 0 amide bonds. The third kappa shape index (κ3) is 2.79. The molecule has 0 saturated heterocycles. The van der Waals surface area contributed by atoms with Crippen LogP contribution in [0.4, 0.5) is 0 Å². The highest BCUT2D eigenvalue weighted by atomic mass is 16.5. The second-order valence-electron chi connectivity index (χ2n) is 5.06. The van der Waals surface area contributed by atoms with Crippen molar-refractivity contribution in [3.8, 4) is 11.4 Å². The zero-order valence-corrected chi connectivity index (χ0v) is 11.4. The van der Waals surface area contributed by atoms with E-state index in [2.05, 4.69) is 22.5 Å². The lowest BCUT2D eigenvalue weighted by Gasteiger charge is -2.07. The minimum Gasteiger partial charge on any atom is -0.496 e. The van der Waals surface area contributed by atoms with Crippen molar-refractivity contribution in [1.82, 2.24) is 15.1 Å². The van der Waals surface area contributed by atoms with Crippen molar-refractivity contribution < 1.29 is 4.74 Å². The van der Waals surface area contributed by atoms with Gasteiger partial charge in [0.25, 0.3) is 0 Å². The molecule has 1 saturated carbocycles. The van der Waals surface area contributed by atoms with Crippen LogP contribution in [0.5, 0.6) is 5.75 Å². The van der Waals surface area contributed by atoms with Crippen molar-refractivity contribution >= 4 is 0 Å². The summed E-state index contributed by atoms with van der Waals surface area (Å²) in [5.41, 5.74) is 3.27. The highest BCUT2D eigenvalue weighted by Crippen LogP contribution is 2.21. The highest BCUT2D eigenvalue weighted by molar-refractivity contribution is 5.43. The third-order valence-electron chi connectivity index (χ3n) is 3.44. The molecule has 0 unspecified atom stereocenters. The van der Waals surface area contributed by atoms with Crippen molar-refractivity contribution in [2.75, 3.05) is 7.11 Å². The molecule has 1 aliphatic rings. The van der Waals surface area contributed by atoms with Gasteiger partial charge in [-0.1, -0.05) is 0 Å². The third-order valence-corrected chi connectivity index (χ3v) is 3.44. The van der Waals surface area contributed by atoms with Crippen molar-refractivity contribution in [2.24, 2.45) is 0 Å². The van der Waals surface area contributed by atoms with Gasteiger partial charge < -0.3 is 10.1 Å². The van der Waals surface area contributed by atoms with Gasteiger partial charge in [-0.3, -0.25) is 0 Å². The molecule has 19 heavy (non-hydrogen) atoms. The van der Waals surface area contributed by atoms with Crippen molar-refractivity contribution in [3.63, 3.8) is 0 Å². The number of hydrogen-bond acceptors (Lipinski definition) is 3. The van der Waals surface area contributed by atoms with Crippen LogP contribution in [0, 0.1) is 6.92 Å². The van der Waals surface area contributed by atoms with Crippen LogP contribution in [0.25, 0.3) is 5.69 Å². The SMILES string of the molecule is COc1ccc(-n2ccc(CNC3CC3)n2)cc1C. The van der Waals surface area contributed by atoms with Gasteiger partial charge in [-0.05, 0) is 49.6 Å². The fourth-order valence-corrected chi connectivity index (χ4v) is 2.14. The Balaban J connectivity index is 1.75. The number of nitrogens with zero attached hydrogens (tertiary/aromatic N) is 2. The normalized spacial score (nSPS) is 14.6. The standard InChI is InChI=1S/C15H19N3O/c1-11-9-14(5-6-15(11)19-2)18-8-7-13(17-18)10-16-12-3-4-12/h5-9,12,16H,3-4,10H2,1-2H3. The molecule has 0 radical (unpaired) electrons. The fourth-order valence-electron chi connectivity index (χ4n) is 2.14.